The van der Waals surface area contributed by atoms with Gasteiger partial charge in [0.1, 0.15) is 0 Å². The van der Waals surface area contributed by atoms with E-state index in [4.69, 9.17) is 0 Å². The molecule has 26 heavy (non-hydrogen) atoms. The highest BCUT2D eigenvalue weighted by Gasteiger charge is 2.58. The van der Waals surface area contributed by atoms with Crippen LogP contribution in [-0.2, 0) is 9.59 Å². The number of aliphatic hydroxyl groups is 1. The van der Waals surface area contributed by atoms with Crippen molar-refractivity contribution in [3.63, 3.8) is 0 Å². The second-order valence-electron chi connectivity index (χ2n) is 9.60. The van der Waals surface area contributed by atoms with E-state index in [1.807, 2.05) is 13.0 Å². The van der Waals surface area contributed by atoms with E-state index in [2.05, 4.69) is 19.9 Å². The summed E-state index contributed by atoms with van der Waals surface area (Å²) in [5.41, 5.74) is 2.63. The molecule has 4 rings (SSSR count). The van der Waals surface area contributed by atoms with Crippen LogP contribution in [0.5, 0.6) is 0 Å². The second kappa shape index (κ2) is 5.79. The average molecular weight is 358 g/mol. The molecule has 0 aliphatic heterocycles. The Balaban J connectivity index is 1.71. The zero-order valence-corrected chi connectivity index (χ0v) is 16.0. The van der Waals surface area contributed by atoms with Gasteiger partial charge in [0.25, 0.3) is 0 Å². The van der Waals surface area contributed by atoms with Crippen LogP contribution in [0.15, 0.2) is 23.3 Å². The smallest absolute Gasteiger partial charge is 0.332 e. The fraction of sp³-hybridized carbons (Fsp3) is 0.727. The molecule has 2 fully saturated rings. The molecule has 2 saturated carbocycles. The number of carbonyl (C=O) groups is 2. The number of fused-ring (bicyclic) bond motifs is 5. The summed E-state index contributed by atoms with van der Waals surface area (Å²) in [6.07, 6.45) is 8.53. The van der Waals surface area contributed by atoms with Crippen molar-refractivity contribution in [1.82, 2.24) is 0 Å². The quantitative estimate of drug-likeness (QED) is 0.737. The van der Waals surface area contributed by atoms with Crippen LogP contribution in [0.25, 0.3) is 0 Å². The number of hydrogen-bond acceptors (Lipinski definition) is 3. The Morgan fingerprint density at radius 2 is 2.00 bits per heavy atom. The summed E-state index contributed by atoms with van der Waals surface area (Å²) in [7, 11) is 0. The van der Waals surface area contributed by atoms with Gasteiger partial charge < -0.3 is 10.2 Å². The largest absolute Gasteiger partial charge is 0.479 e. The highest BCUT2D eigenvalue weighted by molar-refractivity contribution is 5.93. The fourth-order valence-electron chi connectivity index (χ4n) is 6.92. The highest BCUT2D eigenvalue weighted by Crippen LogP contribution is 2.65. The van der Waals surface area contributed by atoms with Crippen LogP contribution in [-0.4, -0.2) is 28.1 Å². The molecule has 0 spiro atoms. The molecule has 0 aromatic heterocycles. The summed E-state index contributed by atoms with van der Waals surface area (Å²) < 4.78 is 0. The summed E-state index contributed by atoms with van der Waals surface area (Å²) in [4.78, 5) is 23.6. The Kier molecular flexibility index (Phi) is 4.00. The lowest BCUT2D eigenvalue weighted by molar-refractivity contribution is -0.152. The second-order valence-corrected chi connectivity index (χ2v) is 9.60. The number of rotatable bonds is 2. The van der Waals surface area contributed by atoms with Gasteiger partial charge >= 0.3 is 5.97 Å². The predicted octanol–water partition coefficient (Wildman–Crippen LogP) is 3.75. The summed E-state index contributed by atoms with van der Waals surface area (Å²) in [5, 5.41) is 19.6. The first-order valence-electron chi connectivity index (χ1n) is 10.0. The molecule has 0 saturated heterocycles. The van der Waals surface area contributed by atoms with Gasteiger partial charge in [-0.3, -0.25) is 4.79 Å². The van der Waals surface area contributed by atoms with Crippen molar-refractivity contribution in [1.29, 1.82) is 0 Å². The Labute approximate surface area is 155 Å². The molecule has 0 heterocycles. The molecule has 0 radical (unpaired) electrons. The van der Waals surface area contributed by atoms with Crippen LogP contribution in [0.1, 0.15) is 59.3 Å². The number of carbonyl (C=O) groups excluding carboxylic acids is 1. The van der Waals surface area contributed by atoms with E-state index in [9.17, 15) is 19.8 Å². The molecule has 4 aliphatic carbocycles. The number of carboxylic acid groups (broad SMARTS) is 1. The number of aliphatic carboxylic acids is 1. The van der Waals surface area contributed by atoms with E-state index in [1.54, 1.807) is 0 Å². The first-order valence-corrected chi connectivity index (χ1v) is 10.0. The van der Waals surface area contributed by atoms with Gasteiger partial charge in [0.2, 0.25) is 0 Å². The van der Waals surface area contributed by atoms with Crippen molar-refractivity contribution in [2.45, 2.75) is 65.4 Å². The minimum Gasteiger partial charge on any atom is -0.479 e. The zero-order valence-electron chi connectivity index (χ0n) is 16.0. The molecule has 4 aliphatic rings. The van der Waals surface area contributed by atoms with Crippen LogP contribution < -0.4 is 0 Å². The van der Waals surface area contributed by atoms with Crippen LogP contribution in [0.2, 0.25) is 0 Å². The normalized spacial score (nSPS) is 45.8. The third-order valence-electron chi connectivity index (χ3n) is 8.35. The third-order valence-corrected chi connectivity index (χ3v) is 8.35. The summed E-state index contributed by atoms with van der Waals surface area (Å²) in [5.74, 6) is -0.0221. The molecule has 0 aromatic carbocycles. The van der Waals surface area contributed by atoms with Crippen molar-refractivity contribution in [3.05, 3.63) is 23.3 Å². The maximum Gasteiger partial charge on any atom is 0.332 e. The monoisotopic (exact) mass is 358 g/mol. The Hall–Kier alpha value is -1.42. The topological polar surface area (TPSA) is 74.6 Å². The molecule has 2 N–H and O–H groups in total. The van der Waals surface area contributed by atoms with Crippen molar-refractivity contribution >= 4 is 11.8 Å². The van der Waals surface area contributed by atoms with Gasteiger partial charge in [-0.1, -0.05) is 38.0 Å². The molecule has 2 unspecified atom stereocenters. The first-order chi connectivity index (χ1) is 12.2. The molecular formula is C22H30O4. The van der Waals surface area contributed by atoms with Gasteiger partial charge in [-0.05, 0) is 61.9 Å². The lowest BCUT2D eigenvalue weighted by Gasteiger charge is -2.54. The first kappa shape index (κ1) is 18.0. The number of aliphatic hydroxyl groups excluding tert-OH is 1. The van der Waals surface area contributed by atoms with Crippen molar-refractivity contribution in [3.8, 4) is 0 Å². The van der Waals surface area contributed by atoms with Crippen molar-refractivity contribution in [2.24, 2.45) is 34.5 Å². The lowest BCUT2D eigenvalue weighted by Crippen LogP contribution is -2.47. The standard InChI is InChI=1S/C22H30O4/c1-12-11-22(3)13(10-18(12)23)4-5-14-15-6-7-17(19(24)20(25)26)21(15,2)9-8-16(14)22/h8,10,12,14-15,17,19,24H,4-7,9,11H2,1-3H3,(H,25,26)/t12?,14-,15-,17+,19?,21-,22-/m0/s1. The van der Waals surface area contributed by atoms with E-state index in [0.717, 1.165) is 38.5 Å². The number of hydrogen-bond donors (Lipinski definition) is 2. The third kappa shape index (κ3) is 2.30. The molecule has 4 heteroatoms. The SMILES string of the molecule is CC1C[C@@]2(C)C(=CC1=O)CC[C@@H]1C2=CC[C@]2(C)[C@@H](C(O)C(=O)O)CC[C@@H]12. The molecular weight excluding hydrogens is 328 g/mol. The van der Waals surface area contributed by atoms with Crippen LogP contribution in [0.4, 0.5) is 0 Å². The Bertz CT molecular complexity index is 720. The van der Waals surface area contributed by atoms with Gasteiger partial charge in [-0.15, -0.1) is 0 Å². The van der Waals surface area contributed by atoms with Crippen LogP contribution >= 0.6 is 0 Å². The Morgan fingerprint density at radius 1 is 1.27 bits per heavy atom. The maximum atomic E-state index is 12.2. The number of ketones is 1. The molecule has 0 bridgehead atoms. The summed E-state index contributed by atoms with van der Waals surface area (Å²) >= 11 is 0. The Morgan fingerprint density at radius 3 is 2.69 bits per heavy atom. The van der Waals surface area contributed by atoms with E-state index < -0.39 is 12.1 Å². The lowest BCUT2D eigenvalue weighted by atomic mass is 9.50. The van der Waals surface area contributed by atoms with E-state index in [0.29, 0.717) is 11.8 Å². The zero-order chi connectivity index (χ0) is 18.9. The van der Waals surface area contributed by atoms with E-state index in [1.165, 1.54) is 11.1 Å². The van der Waals surface area contributed by atoms with Crippen molar-refractivity contribution < 1.29 is 19.8 Å². The summed E-state index contributed by atoms with van der Waals surface area (Å²) in [6, 6.07) is 0. The molecule has 0 aromatic rings. The minimum absolute atomic E-state index is 0.0128. The van der Waals surface area contributed by atoms with Gasteiger partial charge in [-0.25, -0.2) is 4.79 Å². The van der Waals surface area contributed by atoms with E-state index in [-0.39, 0.29) is 28.4 Å². The van der Waals surface area contributed by atoms with Gasteiger partial charge in [-0.2, -0.15) is 0 Å². The number of carboxylic acids is 1. The van der Waals surface area contributed by atoms with Gasteiger partial charge in [0.15, 0.2) is 11.9 Å². The van der Waals surface area contributed by atoms with Gasteiger partial charge in [0.05, 0.1) is 0 Å². The maximum absolute atomic E-state index is 12.2. The van der Waals surface area contributed by atoms with Crippen molar-refractivity contribution in [2.75, 3.05) is 0 Å². The van der Waals surface area contributed by atoms with E-state index >= 15 is 0 Å². The number of allylic oxidation sites excluding steroid dienone is 4. The predicted molar refractivity (Wildman–Crippen MR) is 98.4 cm³/mol. The van der Waals surface area contributed by atoms with Crippen LogP contribution in [0, 0.1) is 34.5 Å². The summed E-state index contributed by atoms with van der Waals surface area (Å²) in [6.45, 7) is 6.53. The molecule has 0 amide bonds. The van der Waals surface area contributed by atoms with Gasteiger partial charge in [0, 0.05) is 17.3 Å². The molecule has 142 valence electrons. The molecule has 4 nitrogen and oxygen atoms in total. The van der Waals surface area contributed by atoms with Crippen LogP contribution in [0.3, 0.4) is 0 Å². The molecule has 7 atom stereocenters. The highest BCUT2D eigenvalue weighted by atomic mass is 16.4. The minimum atomic E-state index is -1.26. The average Bonchev–Trinajstić information content (AvgIpc) is 2.92. The fourth-order valence-corrected chi connectivity index (χ4v) is 6.92.